The minimum Gasteiger partial charge on any atom is -0.491 e. The van der Waals surface area contributed by atoms with Crippen molar-refractivity contribution in [2.75, 3.05) is 13.2 Å². The lowest BCUT2D eigenvalue weighted by atomic mass is 9.87. The number of benzene rings is 1. The van der Waals surface area contributed by atoms with E-state index in [1.165, 1.54) is 25.7 Å². The van der Waals surface area contributed by atoms with Crippen molar-refractivity contribution >= 4 is 11.6 Å². The smallest absolute Gasteiger partial charge is 0.138 e. The van der Waals surface area contributed by atoms with Gasteiger partial charge in [0.1, 0.15) is 5.75 Å². The van der Waals surface area contributed by atoms with E-state index in [1.807, 2.05) is 25.1 Å². The minimum atomic E-state index is 0.174. The van der Waals surface area contributed by atoms with Crippen LogP contribution in [0.25, 0.3) is 0 Å². The highest BCUT2D eigenvalue weighted by molar-refractivity contribution is 6.32. The number of hydrogen-bond acceptors (Lipinski definition) is 2. The zero-order valence-electron chi connectivity index (χ0n) is 10.3. The van der Waals surface area contributed by atoms with Crippen molar-refractivity contribution in [1.82, 2.24) is 0 Å². The molecule has 0 unspecified atom stereocenters. The maximum absolute atomic E-state index is 6.11. The van der Waals surface area contributed by atoms with Gasteiger partial charge in [0, 0.05) is 12.0 Å². The normalized spacial score (nSPS) is 18.3. The van der Waals surface area contributed by atoms with E-state index in [9.17, 15) is 0 Å². The molecule has 0 bridgehead atoms. The lowest BCUT2D eigenvalue weighted by Crippen LogP contribution is -2.33. The van der Waals surface area contributed by atoms with Crippen LogP contribution < -0.4 is 10.5 Å². The fourth-order valence-corrected chi connectivity index (χ4v) is 2.66. The van der Waals surface area contributed by atoms with E-state index in [0.717, 1.165) is 11.3 Å². The van der Waals surface area contributed by atoms with E-state index >= 15 is 0 Å². The topological polar surface area (TPSA) is 35.2 Å². The van der Waals surface area contributed by atoms with Crippen molar-refractivity contribution in [1.29, 1.82) is 0 Å². The summed E-state index contributed by atoms with van der Waals surface area (Å²) in [5, 5.41) is 0.681. The fourth-order valence-electron chi connectivity index (χ4n) is 2.48. The number of halogens is 1. The second kappa shape index (κ2) is 5.28. The van der Waals surface area contributed by atoms with Crippen LogP contribution in [0.1, 0.15) is 31.2 Å². The summed E-state index contributed by atoms with van der Waals surface area (Å²) in [7, 11) is 0. The van der Waals surface area contributed by atoms with Gasteiger partial charge in [0.2, 0.25) is 0 Å². The number of ether oxygens (including phenoxy) is 1. The first-order valence-corrected chi connectivity index (χ1v) is 6.62. The Morgan fingerprint density at radius 2 is 2.06 bits per heavy atom. The molecule has 0 aromatic heterocycles. The number of hydrogen-bond donors (Lipinski definition) is 1. The molecule has 2 nitrogen and oxygen atoms in total. The molecule has 0 spiro atoms. The Balaban J connectivity index is 2.03. The fraction of sp³-hybridized carbons (Fsp3) is 0.571. The molecule has 3 heteroatoms. The van der Waals surface area contributed by atoms with Crippen molar-refractivity contribution in [2.24, 2.45) is 11.1 Å². The molecule has 1 fully saturated rings. The molecule has 1 aliphatic rings. The van der Waals surface area contributed by atoms with Crippen LogP contribution in [0.5, 0.6) is 5.75 Å². The van der Waals surface area contributed by atoms with Crippen LogP contribution >= 0.6 is 11.6 Å². The number of aryl methyl sites for hydroxylation is 1. The molecule has 2 rings (SSSR count). The summed E-state index contributed by atoms with van der Waals surface area (Å²) in [5.74, 6) is 0.784. The Labute approximate surface area is 108 Å². The van der Waals surface area contributed by atoms with E-state index in [-0.39, 0.29) is 5.41 Å². The number of rotatable bonds is 4. The summed E-state index contributed by atoms with van der Waals surface area (Å²) in [5.41, 5.74) is 7.23. The predicted octanol–water partition coefficient (Wildman–Crippen LogP) is 3.55. The van der Waals surface area contributed by atoms with E-state index in [1.54, 1.807) is 0 Å². The summed E-state index contributed by atoms with van der Waals surface area (Å²) >= 11 is 6.11. The van der Waals surface area contributed by atoms with Crippen molar-refractivity contribution in [3.05, 3.63) is 28.8 Å². The third-order valence-corrected chi connectivity index (χ3v) is 4.03. The van der Waals surface area contributed by atoms with Gasteiger partial charge >= 0.3 is 0 Å². The molecule has 0 radical (unpaired) electrons. The molecule has 1 aromatic rings. The SMILES string of the molecule is Cc1ccc(Cl)c(OCC2(CN)CCCC2)c1. The first-order valence-electron chi connectivity index (χ1n) is 6.24. The molecule has 0 atom stereocenters. The quantitative estimate of drug-likeness (QED) is 0.891. The van der Waals surface area contributed by atoms with Crippen LogP contribution in [0.3, 0.4) is 0 Å². The molecular formula is C14H20ClNO. The van der Waals surface area contributed by atoms with E-state index in [0.29, 0.717) is 18.2 Å². The van der Waals surface area contributed by atoms with Crippen molar-refractivity contribution < 1.29 is 4.74 Å². The predicted molar refractivity (Wildman–Crippen MR) is 71.6 cm³/mol. The summed E-state index contributed by atoms with van der Waals surface area (Å²) in [6, 6.07) is 5.86. The maximum Gasteiger partial charge on any atom is 0.138 e. The van der Waals surface area contributed by atoms with Gasteiger partial charge < -0.3 is 10.5 Å². The van der Waals surface area contributed by atoms with Crippen LogP contribution in [0, 0.1) is 12.3 Å². The molecule has 0 heterocycles. The van der Waals surface area contributed by atoms with Crippen LogP contribution in [-0.2, 0) is 0 Å². The third kappa shape index (κ3) is 2.93. The Morgan fingerprint density at radius 3 is 2.71 bits per heavy atom. The highest BCUT2D eigenvalue weighted by atomic mass is 35.5. The third-order valence-electron chi connectivity index (χ3n) is 3.72. The van der Waals surface area contributed by atoms with Crippen LogP contribution in [-0.4, -0.2) is 13.2 Å². The second-order valence-corrected chi connectivity index (χ2v) is 5.54. The van der Waals surface area contributed by atoms with Gasteiger partial charge in [0.05, 0.1) is 11.6 Å². The van der Waals surface area contributed by atoms with Gasteiger partial charge in [-0.1, -0.05) is 30.5 Å². The van der Waals surface area contributed by atoms with Gasteiger partial charge in [-0.15, -0.1) is 0 Å². The van der Waals surface area contributed by atoms with Gasteiger partial charge in [0.15, 0.2) is 0 Å². The Kier molecular flexibility index (Phi) is 3.95. The Morgan fingerprint density at radius 1 is 1.35 bits per heavy atom. The standard InChI is InChI=1S/C14H20ClNO/c1-11-4-5-12(15)13(8-11)17-10-14(9-16)6-2-3-7-14/h4-5,8H,2-3,6-7,9-10,16H2,1H3. The zero-order chi connectivity index (χ0) is 12.3. The molecule has 2 N–H and O–H groups in total. The molecule has 0 saturated heterocycles. The minimum absolute atomic E-state index is 0.174. The first kappa shape index (κ1) is 12.7. The first-order chi connectivity index (χ1) is 8.15. The second-order valence-electron chi connectivity index (χ2n) is 5.13. The molecule has 1 saturated carbocycles. The molecule has 0 amide bonds. The molecule has 1 aliphatic carbocycles. The summed E-state index contributed by atoms with van der Waals surface area (Å²) in [4.78, 5) is 0. The van der Waals surface area contributed by atoms with Crippen molar-refractivity contribution in [3.63, 3.8) is 0 Å². The maximum atomic E-state index is 6.11. The van der Waals surface area contributed by atoms with Gasteiger partial charge in [-0.25, -0.2) is 0 Å². The summed E-state index contributed by atoms with van der Waals surface area (Å²) in [6.07, 6.45) is 4.88. The largest absolute Gasteiger partial charge is 0.491 e. The van der Waals surface area contributed by atoms with Crippen LogP contribution in [0.2, 0.25) is 5.02 Å². The van der Waals surface area contributed by atoms with Gasteiger partial charge in [-0.05, 0) is 37.5 Å². The molecule has 17 heavy (non-hydrogen) atoms. The molecular weight excluding hydrogens is 234 g/mol. The molecule has 94 valence electrons. The van der Waals surface area contributed by atoms with Gasteiger partial charge in [-0.2, -0.15) is 0 Å². The highest BCUT2D eigenvalue weighted by Gasteiger charge is 2.33. The average molecular weight is 254 g/mol. The van der Waals surface area contributed by atoms with E-state index in [4.69, 9.17) is 22.1 Å². The molecule has 1 aromatic carbocycles. The summed E-state index contributed by atoms with van der Waals surface area (Å²) in [6.45, 7) is 3.43. The van der Waals surface area contributed by atoms with Crippen LogP contribution in [0.4, 0.5) is 0 Å². The Hall–Kier alpha value is -0.730. The van der Waals surface area contributed by atoms with Gasteiger partial charge in [0.25, 0.3) is 0 Å². The monoisotopic (exact) mass is 253 g/mol. The molecule has 0 aliphatic heterocycles. The van der Waals surface area contributed by atoms with Gasteiger partial charge in [-0.3, -0.25) is 0 Å². The average Bonchev–Trinajstić information content (AvgIpc) is 2.80. The lowest BCUT2D eigenvalue weighted by molar-refractivity contribution is 0.157. The summed E-state index contributed by atoms with van der Waals surface area (Å²) < 4.78 is 5.88. The highest BCUT2D eigenvalue weighted by Crippen LogP contribution is 2.38. The van der Waals surface area contributed by atoms with E-state index < -0.39 is 0 Å². The lowest BCUT2D eigenvalue weighted by Gasteiger charge is -2.27. The zero-order valence-corrected chi connectivity index (χ0v) is 11.1. The van der Waals surface area contributed by atoms with E-state index in [2.05, 4.69) is 0 Å². The van der Waals surface area contributed by atoms with Crippen molar-refractivity contribution in [3.8, 4) is 5.75 Å². The number of nitrogens with two attached hydrogens (primary N) is 1. The van der Waals surface area contributed by atoms with Crippen LogP contribution in [0.15, 0.2) is 18.2 Å². The Bertz CT molecular complexity index is 386. The van der Waals surface area contributed by atoms with Crippen molar-refractivity contribution in [2.45, 2.75) is 32.6 Å².